The third kappa shape index (κ3) is 3.21. The second-order valence-corrected chi connectivity index (χ2v) is 7.10. The van der Waals surface area contributed by atoms with Gasteiger partial charge in [0.05, 0.1) is 17.8 Å². The Labute approximate surface area is 156 Å². The Morgan fingerprint density at radius 1 is 1.33 bits per heavy atom. The minimum Gasteiger partial charge on any atom is -0.375 e. The van der Waals surface area contributed by atoms with Crippen molar-refractivity contribution in [2.45, 2.75) is 6.04 Å². The van der Waals surface area contributed by atoms with Gasteiger partial charge in [0, 0.05) is 44.8 Å². The van der Waals surface area contributed by atoms with E-state index in [9.17, 15) is 14.0 Å². The summed E-state index contributed by atoms with van der Waals surface area (Å²) >= 11 is 0. The molecule has 0 aliphatic carbocycles. The van der Waals surface area contributed by atoms with Crippen LogP contribution in [0.1, 0.15) is 22.0 Å². The van der Waals surface area contributed by atoms with Crippen LogP contribution in [0.2, 0.25) is 0 Å². The van der Waals surface area contributed by atoms with Crippen LogP contribution in [0.25, 0.3) is 0 Å². The van der Waals surface area contributed by atoms with Crippen LogP contribution >= 0.6 is 0 Å². The molecule has 0 saturated carbocycles. The first-order chi connectivity index (χ1) is 13.1. The number of halogens is 1. The van der Waals surface area contributed by atoms with Gasteiger partial charge in [-0.25, -0.2) is 4.39 Å². The van der Waals surface area contributed by atoms with E-state index in [1.54, 1.807) is 22.1 Å². The second kappa shape index (κ2) is 7.11. The highest BCUT2D eigenvalue weighted by atomic mass is 19.1. The predicted molar refractivity (Wildman–Crippen MR) is 94.2 cm³/mol. The number of rotatable bonds is 4. The van der Waals surface area contributed by atoms with Crippen molar-refractivity contribution in [2.24, 2.45) is 11.8 Å². The molecule has 0 bridgehead atoms. The molecule has 0 radical (unpaired) electrons. The van der Waals surface area contributed by atoms with Crippen LogP contribution < -0.4 is 0 Å². The van der Waals surface area contributed by atoms with Gasteiger partial charge in [0.1, 0.15) is 12.4 Å². The summed E-state index contributed by atoms with van der Waals surface area (Å²) in [6, 6.07) is 6.08. The maximum atomic E-state index is 13.8. The van der Waals surface area contributed by atoms with Gasteiger partial charge in [0.25, 0.3) is 5.91 Å². The van der Waals surface area contributed by atoms with Crippen molar-refractivity contribution in [1.82, 2.24) is 20.0 Å². The SMILES string of the molecule is COCC(=O)N1C[C@H]2CN(C(=O)c3cn[nH]c3)C[C@H]2[C@@H]1c1cccc(F)c1. The summed E-state index contributed by atoms with van der Waals surface area (Å²) in [4.78, 5) is 28.8. The van der Waals surface area contributed by atoms with E-state index in [4.69, 9.17) is 4.74 Å². The summed E-state index contributed by atoms with van der Waals surface area (Å²) in [7, 11) is 1.48. The third-order valence-electron chi connectivity index (χ3n) is 5.47. The van der Waals surface area contributed by atoms with Gasteiger partial charge in [-0.2, -0.15) is 5.10 Å². The number of aromatic amines is 1. The van der Waals surface area contributed by atoms with Crippen molar-refractivity contribution >= 4 is 11.8 Å². The molecule has 1 aromatic carbocycles. The Kier molecular flexibility index (Phi) is 4.65. The first-order valence-electron chi connectivity index (χ1n) is 8.90. The van der Waals surface area contributed by atoms with Gasteiger partial charge >= 0.3 is 0 Å². The number of benzene rings is 1. The number of nitrogens with zero attached hydrogens (tertiary/aromatic N) is 3. The summed E-state index contributed by atoms with van der Waals surface area (Å²) in [5.74, 6) is -0.322. The number of likely N-dealkylation sites (tertiary alicyclic amines) is 2. The zero-order chi connectivity index (χ0) is 19.0. The molecular formula is C19H21FN4O3. The lowest BCUT2D eigenvalue weighted by Gasteiger charge is -2.30. The number of hydrogen-bond donors (Lipinski definition) is 1. The van der Waals surface area contributed by atoms with E-state index in [2.05, 4.69) is 10.2 Å². The maximum Gasteiger partial charge on any atom is 0.257 e. The van der Waals surface area contributed by atoms with Crippen molar-refractivity contribution in [2.75, 3.05) is 33.4 Å². The second-order valence-electron chi connectivity index (χ2n) is 7.10. The molecule has 8 heteroatoms. The van der Waals surface area contributed by atoms with Gasteiger partial charge in [-0.15, -0.1) is 0 Å². The molecule has 142 valence electrons. The lowest BCUT2D eigenvalue weighted by Crippen LogP contribution is -2.38. The lowest BCUT2D eigenvalue weighted by molar-refractivity contribution is -0.136. The molecule has 0 unspecified atom stereocenters. The van der Waals surface area contributed by atoms with Crippen LogP contribution in [0.4, 0.5) is 4.39 Å². The molecule has 2 aliphatic heterocycles. The molecule has 2 fully saturated rings. The molecule has 0 spiro atoms. The number of amides is 2. The summed E-state index contributed by atoms with van der Waals surface area (Å²) in [6.45, 7) is 1.61. The van der Waals surface area contributed by atoms with E-state index in [1.165, 1.54) is 25.4 Å². The van der Waals surface area contributed by atoms with Gasteiger partial charge < -0.3 is 14.5 Å². The minimum absolute atomic E-state index is 0.0110. The number of carbonyl (C=O) groups excluding carboxylic acids is 2. The van der Waals surface area contributed by atoms with Gasteiger partial charge in [-0.05, 0) is 17.7 Å². The summed E-state index contributed by atoms with van der Waals surface area (Å²) in [5.41, 5.74) is 1.27. The number of methoxy groups -OCH3 is 1. The van der Waals surface area contributed by atoms with E-state index < -0.39 is 0 Å². The maximum absolute atomic E-state index is 13.8. The van der Waals surface area contributed by atoms with Crippen LogP contribution in [-0.4, -0.2) is 65.2 Å². The van der Waals surface area contributed by atoms with Crippen LogP contribution in [0.15, 0.2) is 36.7 Å². The molecule has 2 aromatic rings. The Morgan fingerprint density at radius 2 is 2.19 bits per heavy atom. The molecule has 27 heavy (non-hydrogen) atoms. The third-order valence-corrected chi connectivity index (χ3v) is 5.47. The van der Waals surface area contributed by atoms with Crippen molar-refractivity contribution in [3.8, 4) is 0 Å². The van der Waals surface area contributed by atoms with E-state index in [1.807, 2.05) is 6.07 Å². The molecule has 1 aromatic heterocycles. The molecule has 3 heterocycles. The largest absolute Gasteiger partial charge is 0.375 e. The van der Waals surface area contributed by atoms with Crippen molar-refractivity contribution in [3.05, 3.63) is 53.6 Å². The number of aromatic nitrogens is 2. The van der Waals surface area contributed by atoms with Crippen LogP contribution in [0.3, 0.4) is 0 Å². The number of nitrogens with one attached hydrogen (secondary N) is 1. The number of fused-ring (bicyclic) bond motifs is 1. The average molecular weight is 372 g/mol. The molecule has 3 atom stereocenters. The molecule has 1 N–H and O–H groups in total. The summed E-state index contributed by atoms with van der Waals surface area (Å²) < 4.78 is 18.8. The molecule has 2 saturated heterocycles. The van der Waals surface area contributed by atoms with Crippen LogP contribution in [0.5, 0.6) is 0 Å². The van der Waals surface area contributed by atoms with Crippen molar-refractivity contribution in [1.29, 1.82) is 0 Å². The smallest absolute Gasteiger partial charge is 0.257 e. The van der Waals surface area contributed by atoms with E-state index in [0.717, 1.165) is 5.56 Å². The fraction of sp³-hybridized carbons (Fsp3) is 0.421. The predicted octanol–water partition coefficient (Wildman–Crippen LogP) is 1.47. The highest BCUT2D eigenvalue weighted by molar-refractivity contribution is 5.94. The van der Waals surface area contributed by atoms with Gasteiger partial charge in [-0.3, -0.25) is 14.7 Å². The molecule has 2 aliphatic rings. The Hall–Kier alpha value is -2.74. The number of H-pyrrole nitrogens is 1. The fourth-order valence-corrected chi connectivity index (χ4v) is 4.34. The lowest BCUT2D eigenvalue weighted by atomic mass is 9.89. The normalized spacial score (nSPS) is 24.3. The quantitative estimate of drug-likeness (QED) is 0.882. The number of carbonyl (C=O) groups is 2. The Balaban J connectivity index is 1.61. The highest BCUT2D eigenvalue weighted by Crippen LogP contribution is 2.45. The van der Waals surface area contributed by atoms with E-state index in [-0.39, 0.29) is 42.1 Å². The standard InChI is InChI=1S/C19H21FN4O3/c1-27-11-17(25)24-9-14-8-23(19(26)13-6-21-22-7-13)10-16(14)18(24)12-3-2-4-15(20)5-12/h2-7,14,16,18H,8-11H2,1H3,(H,21,22)/t14-,16-,18+/m1/s1. The molecule has 7 nitrogen and oxygen atoms in total. The first kappa shape index (κ1) is 17.7. The van der Waals surface area contributed by atoms with E-state index in [0.29, 0.717) is 25.2 Å². The zero-order valence-electron chi connectivity index (χ0n) is 15.0. The summed E-state index contributed by atoms with van der Waals surface area (Å²) in [5, 5.41) is 6.49. The minimum atomic E-state index is -0.334. The number of ether oxygens (including phenoxy) is 1. The summed E-state index contributed by atoms with van der Waals surface area (Å²) in [6.07, 6.45) is 3.09. The Morgan fingerprint density at radius 3 is 2.89 bits per heavy atom. The van der Waals surface area contributed by atoms with E-state index >= 15 is 0 Å². The Bertz CT molecular complexity index is 841. The van der Waals surface area contributed by atoms with Gasteiger partial charge in [-0.1, -0.05) is 12.1 Å². The topological polar surface area (TPSA) is 78.5 Å². The van der Waals surface area contributed by atoms with Crippen molar-refractivity contribution < 1.29 is 18.7 Å². The zero-order valence-corrected chi connectivity index (χ0v) is 15.0. The fourth-order valence-electron chi connectivity index (χ4n) is 4.34. The van der Waals surface area contributed by atoms with Crippen molar-refractivity contribution in [3.63, 3.8) is 0 Å². The van der Waals surface area contributed by atoms with Gasteiger partial charge in [0.2, 0.25) is 5.91 Å². The van der Waals surface area contributed by atoms with Crippen LogP contribution in [-0.2, 0) is 9.53 Å². The molecule has 2 amide bonds. The first-order valence-corrected chi connectivity index (χ1v) is 8.90. The van der Waals surface area contributed by atoms with Gasteiger partial charge in [0.15, 0.2) is 0 Å². The average Bonchev–Trinajstić information content (AvgIpc) is 3.37. The number of hydrogen-bond acceptors (Lipinski definition) is 4. The highest BCUT2D eigenvalue weighted by Gasteiger charge is 2.50. The molecule has 4 rings (SSSR count). The molecular weight excluding hydrogens is 351 g/mol. The van der Waals surface area contributed by atoms with Crippen LogP contribution in [0, 0.1) is 17.7 Å². The monoisotopic (exact) mass is 372 g/mol.